The second kappa shape index (κ2) is 4.51. The molecule has 3 heteroatoms. The van der Waals surface area contributed by atoms with Crippen LogP contribution in [-0.2, 0) is 6.42 Å². The second-order valence-corrected chi connectivity index (χ2v) is 3.79. The van der Waals surface area contributed by atoms with Crippen molar-refractivity contribution in [3.63, 3.8) is 0 Å². The molecule has 76 valence electrons. The predicted molar refractivity (Wildman–Crippen MR) is 56.3 cm³/mol. The first-order chi connectivity index (χ1) is 6.90. The number of aromatic nitrogens is 2. The van der Waals surface area contributed by atoms with Crippen molar-refractivity contribution in [1.82, 2.24) is 15.3 Å². The lowest BCUT2D eigenvalue weighted by molar-refractivity contribution is 0.453. The highest BCUT2D eigenvalue weighted by molar-refractivity contribution is 5.10. The highest BCUT2D eigenvalue weighted by Crippen LogP contribution is 2.20. The SMILES string of the molecule is CCc1nccc(C2CCCNC2)n1. The van der Waals surface area contributed by atoms with Gasteiger partial charge in [0, 0.05) is 30.8 Å². The number of hydrogen-bond acceptors (Lipinski definition) is 3. The normalized spacial score (nSPS) is 22.2. The summed E-state index contributed by atoms with van der Waals surface area (Å²) in [5.41, 5.74) is 1.21. The molecule has 3 nitrogen and oxygen atoms in total. The van der Waals surface area contributed by atoms with Crippen LogP contribution in [0.1, 0.15) is 37.2 Å². The third kappa shape index (κ3) is 2.10. The highest BCUT2D eigenvalue weighted by Gasteiger charge is 2.16. The first kappa shape index (κ1) is 9.59. The van der Waals surface area contributed by atoms with Crippen molar-refractivity contribution < 1.29 is 0 Å². The predicted octanol–water partition coefficient (Wildman–Crippen LogP) is 1.51. The molecule has 1 fully saturated rings. The molecule has 0 amide bonds. The molecule has 1 aromatic rings. The standard InChI is InChI=1S/C11H17N3/c1-2-11-13-7-5-10(14-11)9-4-3-6-12-8-9/h5,7,9,12H,2-4,6,8H2,1H3. The van der Waals surface area contributed by atoms with Crippen molar-refractivity contribution in [3.8, 4) is 0 Å². The summed E-state index contributed by atoms with van der Waals surface area (Å²) < 4.78 is 0. The van der Waals surface area contributed by atoms with Crippen LogP contribution in [-0.4, -0.2) is 23.1 Å². The zero-order valence-electron chi connectivity index (χ0n) is 8.66. The van der Waals surface area contributed by atoms with Crippen molar-refractivity contribution in [2.24, 2.45) is 0 Å². The van der Waals surface area contributed by atoms with Crippen molar-refractivity contribution in [1.29, 1.82) is 0 Å². The summed E-state index contributed by atoms with van der Waals surface area (Å²) in [7, 11) is 0. The minimum atomic E-state index is 0.594. The van der Waals surface area contributed by atoms with Gasteiger partial charge in [0.05, 0.1) is 0 Å². The zero-order chi connectivity index (χ0) is 9.80. The molecule has 1 aliphatic rings. The Balaban J connectivity index is 2.13. The fourth-order valence-corrected chi connectivity index (χ4v) is 1.92. The van der Waals surface area contributed by atoms with E-state index in [0.29, 0.717) is 5.92 Å². The van der Waals surface area contributed by atoms with Gasteiger partial charge in [0.15, 0.2) is 0 Å². The molecule has 0 radical (unpaired) electrons. The van der Waals surface area contributed by atoms with Crippen LogP contribution in [0.25, 0.3) is 0 Å². The third-order valence-corrected chi connectivity index (χ3v) is 2.76. The summed E-state index contributed by atoms with van der Waals surface area (Å²) in [4.78, 5) is 8.78. The number of aryl methyl sites for hydroxylation is 1. The van der Waals surface area contributed by atoms with Gasteiger partial charge in [-0.1, -0.05) is 6.92 Å². The highest BCUT2D eigenvalue weighted by atomic mass is 14.9. The van der Waals surface area contributed by atoms with E-state index >= 15 is 0 Å². The van der Waals surface area contributed by atoms with Gasteiger partial charge in [0.2, 0.25) is 0 Å². The van der Waals surface area contributed by atoms with Crippen LogP contribution in [0.3, 0.4) is 0 Å². The largest absolute Gasteiger partial charge is 0.316 e. The van der Waals surface area contributed by atoms with E-state index in [1.165, 1.54) is 18.5 Å². The molecule has 2 heterocycles. The molecule has 0 aliphatic carbocycles. The van der Waals surface area contributed by atoms with Crippen LogP contribution in [0, 0.1) is 0 Å². The Labute approximate surface area is 85.0 Å². The minimum Gasteiger partial charge on any atom is -0.316 e. The molecule has 1 aromatic heterocycles. The van der Waals surface area contributed by atoms with E-state index < -0.39 is 0 Å². The Morgan fingerprint density at radius 1 is 1.57 bits per heavy atom. The van der Waals surface area contributed by atoms with E-state index in [4.69, 9.17) is 0 Å². The molecule has 0 saturated carbocycles. The summed E-state index contributed by atoms with van der Waals surface area (Å²) in [5.74, 6) is 1.56. The molecule has 14 heavy (non-hydrogen) atoms. The smallest absolute Gasteiger partial charge is 0.128 e. The third-order valence-electron chi connectivity index (χ3n) is 2.76. The lowest BCUT2D eigenvalue weighted by Crippen LogP contribution is -2.29. The molecule has 0 aromatic carbocycles. The van der Waals surface area contributed by atoms with Gasteiger partial charge in [-0.05, 0) is 25.5 Å². The zero-order valence-corrected chi connectivity index (χ0v) is 8.66. The molecule has 1 N–H and O–H groups in total. The van der Waals surface area contributed by atoms with Crippen LogP contribution in [0.15, 0.2) is 12.3 Å². The van der Waals surface area contributed by atoms with Gasteiger partial charge in [-0.3, -0.25) is 0 Å². The lowest BCUT2D eigenvalue weighted by Gasteiger charge is -2.22. The van der Waals surface area contributed by atoms with Gasteiger partial charge in [-0.25, -0.2) is 9.97 Å². The maximum Gasteiger partial charge on any atom is 0.128 e. The summed E-state index contributed by atoms with van der Waals surface area (Å²) in [5, 5.41) is 3.41. The summed E-state index contributed by atoms with van der Waals surface area (Å²) in [6.45, 7) is 4.32. The van der Waals surface area contributed by atoms with Crippen molar-refractivity contribution in [3.05, 3.63) is 23.8 Å². The first-order valence-electron chi connectivity index (χ1n) is 5.42. The Hall–Kier alpha value is -0.960. The van der Waals surface area contributed by atoms with Crippen LogP contribution >= 0.6 is 0 Å². The van der Waals surface area contributed by atoms with Gasteiger partial charge in [0.25, 0.3) is 0 Å². The Bertz CT molecular complexity index is 292. The summed E-state index contributed by atoms with van der Waals surface area (Å²) in [6, 6.07) is 2.05. The monoisotopic (exact) mass is 191 g/mol. The van der Waals surface area contributed by atoms with E-state index in [9.17, 15) is 0 Å². The number of rotatable bonds is 2. The van der Waals surface area contributed by atoms with E-state index in [0.717, 1.165) is 25.3 Å². The van der Waals surface area contributed by atoms with Gasteiger partial charge < -0.3 is 5.32 Å². The van der Waals surface area contributed by atoms with E-state index in [-0.39, 0.29) is 0 Å². The number of hydrogen-bond donors (Lipinski definition) is 1. The summed E-state index contributed by atoms with van der Waals surface area (Å²) >= 11 is 0. The Kier molecular flexibility index (Phi) is 3.09. The lowest BCUT2D eigenvalue weighted by atomic mass is 9.96. The fraction of sp³-hybridized carbons (Fsp3) is 0.636. The van der Waals surface area contributed by atoms with Crippen LogP contribution in [0.4, 0.5) is 0 Å². The number of nitrogens with zero attached hydrogens (tertiary/aromatic N) is 2. The van der Waals surface area contributed by atoms with Crippen molar-refractivity contribution >= 4 is 0 Å². The van der Waals surface area contributed by atoms with E-state index in [1.807, 2.05) is 6.20 Å². The van der Waals surface area contributed by atoms with Crippen LogP contribution in [0.2, 0.25) is 0 Å². The molecule has 1 atom stereocenters. The molecule has 1 saturated heterocycles. The number of piperidine rings is 1. The second-order valence-electron chi connectivity index (χ2n) is 3.79. The van der Waals surface area contributed by atoms with Gasteiger partial charge >= 0.3 is 0 Å². The number of nitrogens with one attached hydrogen (secondary N) is 1. The van der Waals surface area contributed by atoms with Crippen molar-refractivity contribution in [2.75, 3.05) is 13.1 Å². The first-order valence-corrected chi connectivity index (χ1v) is 5.42. The van der Waals surface area contributed by atoms with Crippen molar-refractivity contribution in [2.45, 2.75) is 32.1 Å². The molecule has 1 unspecified atom stereocenters. The van der Waals surface area contributed by atoms with Gasteiger partial charge in [-0.15, -0.1) is 0 Å². The fourth-order valence-electron chi connectivity index (χ4n) is 1.92. The molecular formula is C11H17N3. The molecule has 0 bridgehead atoms. The van der Waals surface area contributed by atoms with Crippen LogP contribution < -0.4 is 5.32 Å². The topological polar surface area (TPSA) is 37.8 Å². The maximum atomic E-state index is 4.56. The average Bonchev–Trinajstić information content (AvgIpc) is 2.30. The molecular weight excluding hydrogens is 174 g/mol. The van der Waals surface area contributed by atoms with E-state index in [2.05, 4.69) is 28.3 Å². The quantitative estimate of drug-likeness (QED) is 0.770. The Morgan fingerprint density at radius 2 is 2.50 bits per heavy atom. The van der Waals surface area contributed by atoms with Gasteiger partial charge in [-0.2, -0.15) is 0 Å². The van der Waals surface area contributed by atoms with E-state index in [1.54, 1.807) is 0 Å². The minimum absolute atomic E-state index is 0.594. The molecule has 0 spiro atoms. The Morgan fingerprint density at radius 3 is 3.21 bits per heavy atom. The molecule has 1 aliphatic heterocycles. The summed E-state index contributed by atoms with van der Waals surface area (Å²) in [6.07, 6.45) is 5.33. The van der Waals surface area contributed by atoms with Gasteiger partial charge in [0.1, 0.15) is 5.82 Å². The molecule has 2 rings (SSSR count). The maximum absolute atomic E-state index is 4.56. The van der Waals surface area contributed by atoms with Crippen LogP contribution in [0.5, 0.6) is 0 Å². The average molecular weight is 191 g/mol.